The number of amides is 2. The van der Waals surface area contributed by atoms with Crippen molar-refractivity contribution < 1.29 is 27.5 Å². The summed E-state index contributed by atoms with van der Waals surface area (Å²) >= 11 is 0. The lowest BCUT2D eigenvalue weighted by Crippen LogP contribution is -2.31. The average Bonchev–Trinajstić information content (AvgIpc) is 3.00. The normalized spacial score (nSPS) is 14.2. The monoisotopic (exact) mass is 438 g/mol. The van der Waals surface area contributed by atoms with Crippen LogP contribution in [0.25, 0.3) is 5.57 Å². The van der Waals surface area contributed by atoms with Gasteiger partial charge in [-0.25, -0.2) is 0 Å². The molecule has 32 heavy (non-hydrogen) atoms. The number of ether oxygens (including phenoxy) is 1. The topological polar surface area (TPSA) is 58.6 Å². The van der Waals surface area contributed by atoms with E-state index in [2.05, 4.69) is 10.1 Å². The van der Waals surface area contributed by atoms with Crippen LogP contribution in [0.15, 0.2) is 90.6 Å². The summed E-state index contributed by atoms with van der Waals surface area (Å²) in [5.74, 6) is -1.36. The van der Waals surface area contributed by atoms with E-state index in [1.54, 1.807) is 30.3 Å². The Kier molecular flexibility index (Phi) is 5.68. The number of alkyl halides is 3. The zero-order valence-electron chi connectivity index (χ0n) is 16.6. The lowest BCUT2D eigenvalue weighted by Gasteiger charge is -2.15. The van der Waals surface area contributed by atoms with Crippen molar-refractivity contribution >= 4 is 23.1 Å². The van der Waals surface area contributed by atoms with Gasteiger partial charge in [-0.05, 0) is 35.4 Å². The molecule has 0 saturated heterocycles. The molecule has 1 N–H and O–H groups in total. The fourth-order valence-electron chi connectivity index (χ4n) is 3.36. The lowest BCUT2D eigenvalue weighted by molar-refractivity contribution is -0.274. The Morgan fingerprint density at radius 3 is 1.97 bits per heavy atom. The highest BCUT2D eigenvalue weighted by Crippen LogP contribution is 2.32. The molecule has 8 heteroatoms. The number of rotatable bonds is 6. The van der Waals surface area contributed by atoms with Crippen LogP contribution in [0.4, 0.5) is 18.9 Å². The summed E-state index contributed by atoms with van der Waals surface area (Å²) in [5, 5.41) is 2.91. The molecule has 0 aliphatic carbocycles. The largest absolute Gasteiger partial charge is 0.573 e. The first kappa shape index (κ1) is 21.2. The van der Waals surface area contributed by atoms with Crippen molar-refractivity contribution in [2.24, 2.45) is 0 Å². The standard InChI is InChI=1S/C24H17F3N2O3/c25-24(26,27)32-19-13-11-18(12-14-19)28-21-20(17-9-5-2-6-10-17)22(30)29(23(21)31)15-16-7-3-1-4-8-16/h1-14,28H,15H2. The summed E-state index contributed by atoms with van der Waals surface area (Å²) in [6, 6.07) is 22.8. The number of nitrogens with one attached hydrogen (secondary N) is 1. The van der Waals surface area contributed by atoms with Gasteiger partial charge in [0.15, 0.2) is 0 Å². The Labute approximate surface area is 181 Å². The Morgan fingerprint density at radius 2 is 1.38 bits per heavy atom. The van der Waals surface area contributed by atoms with E-state index in [-0.39, 0.29) is 23.6 Å². The fraction of sp³-hybridized carbons (Fsp3) is 0.0833. The van der Waals surface area contributed by atoms with Gasteiger partial charge in [0.1, 0.15) is 11.4 Å². The van der Waals surface area contributed by atoms with E-state index in [1.807, 2.05) is 30.3 Å². The fourth-order valence-corrected chi connectivity index (χ4v) is 3.36. The number of nitrogens with zero attached hydrogens (tertiary/aromatic N) is 1. The van der Waals surface area contributed by atoms with Crippen LogP contribution in [0.5, 0.6) is 5.75 Å². The Balaban J connectivity index is 1.65. The Hall–Kier alpha value is -4.07. The highest BCUT2D eigenvalue weighted by atomic mass is 19.4. The highest BCUT2D eigenvalue weighted by Gasteiger charge is 2.39. The molecule has 0 fully saturated rings. The maximum absolute atomic E-state index is 13.2. The maximum Gasteiger partial charge on any atom is 0.573 e. The van der Waals surface area contributed by atoms with E-state index in [9.17, 15) is 22.8 Å². The third kappa shape index (κ3) is 4.64. The zero-order valence-corrected chi connectivity index (χ0v) is 16.6. The number of hydrogen-bond donors (Lipinski definition) is 1. The summed E-state index contributed by atoms with van der Waals surface area (Å²) in [7, 11) is 0. The molecule has 3 aromatic rings. The quantitative estimate of drug-likeness (QED) is 0.552. The minimum atomic E-state index is -4.80. The van der Waals surface area contributed by atoms with Crippen LogP contribution in [-0.4, -0.2) is 23.1 Å². The summed E-state index contributed by atoms with van der Waals surface area (Å²) in [4.78, 5) is 27.5. The van der Waals surface area contributed by atoms with E-state index in [0.717, 1.165) is 22.6 Å². The molecule has 0 radical (unpaired) electrons. The summed E-state index contributed by atoms with van der Waals surface area (Å²) in [6.07, 6.45) is -4.80. The number of hydrogen-bond acceptors (Lipinski definition) is 4. The predicted octanol–water partition coefficient (Wildman–Crippen LogP) is 4.98. The van der Waals surface area contributed by atoms with Crippen molar-refractivity contribution in [3.8, 4) is 5.75 Å². The maximum atomic E-state index is 13.2. The molecule has 0 saturated carbocycles. The number of anilines is 1. The first-order valence-corrected chi connectivity index (χ1v) is 9.64. The molecule has 1 aliphatic rings. The van der Waals surface area contributed by atoms with Crippen molar-refractivity contribution in [1.29, 1.82) is 0 Å². The minimum absolute atomic E-state index is 0.0571. The van der Waals surface area contributed by atoms with Crippen molar-refractivity contribution in [1.82, 2.24) is 4.90 Å². The third-order valence-electron chi connectivity index (χ3n) is 4.77. The predicted molar refractivity (Wildman–Crippen MR) is 112 cm³/mol. The average molecular weight is 438 g/mol. The second kappa shape index (κ2) is 8.58. The van der Waals surface area contributed by atoms with Gasteiger partial charge in [0, 0.05) is 5.69 Å². The molecule has 1 aliphatic heterocycles. The molecule has 4 rings (SSSR count). The molecular formula is C24H17F3N2O3. The third-order valence-corrected chi connectivity index (χ3v) is 4.77. The van der Waals surface area contributed by atoms with Crippen molar-refractivity contribution in [3.63, 3.8) is 0 Å². The zero-order chi connectivity index (χ0) is 22.7. The molecule has 1 heterocycles. The van der Waals surface area contributed by atoms with Gasteiger partial charge >= 0.3 is 6.36 Å². The lowest BCUT2D eigenvalue weighted by atomic mass is 10.0. The number of imide groups is 1. The summed E-state index contributed by atoms with van der Waals surface area (Å²) < 4.78 is 41.0. The van der Waals surface area contributed by atoms with Gasteiger partial charge in [-0.15, -0.1) is 13.2 Å². The minimum Gasteiger partial charge on any atom is -0.406 e. The van der Waals surface area contributed by atoms with Crippen molar-refractivity contribution in [2.45, 2.75) is 12.9 Å². The van der Waals surface area contributed by atoms with Crippen LogP contribution < -0.4 is 10.1 Å². The number of benzene rings is 3. The molecule has 0 spiro atoms. The van der Waals surface area contributed by atoms with Crippen molar-refractivity contribution in [2.75, 3.05) is 5.32 Å². The van der Waals surface area contributed by atoms with E-state index < -0.39 is 18.2 Å². The molecule has 2 amide bonds. The molecule has 0 aromatic heterocycles. The molecule has 0 unspecified atom stereocenters. The summed E-state index contributed by atoms with van der Waals surface area (Å²) in [5.41, 5.74) is 1.94. The molecule has 162 valence electrons. The van der Waals surface area contributed by atoms with Crippen molar-refractivity contribution in [3.05, 3.63) is 102 Å². The van der Waals surface area contributed by atoms with Gasteiger partial charge in [0.05, 0.1) is 12.1 Å². The first-order valence-electron chi connectivity index (χ1n) is 9.64. The van der Waals surface area contributed by atoms with E-state index in [1.165, 1.54) is 12.1 Å². The smallest absolute Gasteiger partial charge is 0.406 e. The number of carbonyl (C=O) groups excluding carboxylic acids is 2. The van der Waals surface area contributed by atoms with Gasteiger partial charge in [-0.1, -0.05) is 60.7 Å². The van der Waals surface area contributed by atoms with Crippen LogP contribution in [-0.2, 0) is 16.1 Å². The van der Waals surface area contributed by atoms with Gasteiger partial charge < -0.3 is 10.1 Å². The van der Waals surface area contributed by atoms with Gasteiger partial charge in [0.2, 0.25) is 0 Å². The summed E-state index contributed by atoms with van der Waals surface area (Å²) in [6.45, 7) is 0.0956. The van der Waals surface area contributed by atoms with Crippen LogP contribution in [0, 0.1) is 0 Å². The van der Waals surface area contributed by atoms with Crippen LogP contribution in [0.3, 0.4) is 0 Å². The SMILES string of the molecule is O=C1C(Nc2ccc(OC(F)(F)F)cc2)=C(c2ccccc2)C(=O)N1Cc1ccccc1. The van der Waals surface area contributed by atoms with Crippen LogP contribution >= 0.6 is 0 Å². The highest BCUT2D eigenvalue weighted by molar-refractivity contribution is 6.36. The molecular weight excluding hydrogens is 421 g/mol. The van der Waals surface area contributed by atoms with Gasteiger partial charge in [0.25, 0.3) is 11.8 Å². The number of carbonyl (C=O) groups is 2. The van der Waals surface area contributed by atoms with E-state index in [0.29, 0.717) is 11.3 Å². The molecule has 0 atom stereocenters. The van der Waals surface area contributed by atoms with Crippen LogP contribution in [0.1, 0.15) is 11.1 Å². The van der Waals surface area contributed by atoms with E-state index in [4.69, 9.17) is 0 Å². The first-order chi connectivity index (χ1) is 15.3. The van der Waals surface area contributed by atoms with Gasteiger partial charge in [-0.3, -0.25) is 14.5 Å². The van der Waals surface area contributed by atoms with Crippen LogP contribution in [0.2, 0.25) is 0 Å². The molecule has 5 nitrogen and oxygen atoms in total. The second-order valence-corrected chi connectivity index (χ2v) is 7.00. The molecule has 3 aromatic carbocycles. The van der Waals surface area contributed by atoms with Gasteiger partial charge in [-0.2, -0.15) is 0 Å². The Bertz CT molecular complexity index is 1160. The second-order valence-electron chi connectivity index (χ2n) is 7.00. The Morgan fingerprint density at radius 1 is 0.781 bits per heavy atom. The number of halogens is 3. The molecule has 0 bridgehead atoms. The van der Waals surface area contributed by atoms with E-state index >= 15 is 0 Å².